The summed E-state index contributed by atoms with van der Waals surface area (Å²) in [6.45, 7) is 5.16. The summed E-state index contributed by atoms with van der Waals surface area (Å²) >= 11 is 0. The summed E-state index contributed by atoms with van der Waals surface area (Å²) in [4.78, 5) is 41.4. The Kier molecular flexibility index (Phi) is 6.38. The molecular weight excluding hydrogens is 481 g/mol. The number of benzene rings is 2. The van der Waals surface area contributed by atoms with Crippen LogP contribution in [0.4, 0.5) is 15.8 Å². The van der Waals surface area contributed by atoms with Crippen LogP contribution in [0.25, 0.3) is 5.69 Å². The zero-order valence-corrected chi connectivity index (χ0v) is 20.5. The normalized spacial score (nSPS) is 15.6. The van der Waals surface area contributed by atoms with Gasteiger partial charge in [-0.1, -0.05) is 0 Å². The highest BCUT2D eigenvalue weighted by Crippen LogP contribution is 2.32. The number of aromatic nitrogens is 2. The third-order valence-electron chi connectivity index (χ3n) is 6.48. The molecule has 3 aromatic rings. The average molecular weight is 508 g/mol. The van der Waals surface area contributed by atoms with Gasteiger partial charge in [-0.25, -0.2) is 9.07 Å². The quantitative estimate of drug-likeness (QED) is 0.547. The van der Waals surface area contributed by atoms with E-state index in [0.717, 1.165) is 11.3 Å². The van der Waals surface area contributed by atoms with Crippen molar-refractivity contribution < 1.29 is 28.2 Å². The van der Waals surface area contributed by atoms with Crippen LogP contribution < -0.4 is 20.3 Å². The number of rotatable bonds is 6. The van der Waals surface area contributed by atoms with Crippen molar-refractivity contribution in [1.29, 1.82) is 0 Å². The van der Waals surface area contributed by atoms with Crippen molar-refractivity contribution in [3.8, 4) is 11.4 Å². The number of amides is 3. The Balaban J connectivity index is 1.53. The van der Waals surface area contributed by atoms with E-state index >= 15 is 0 Å². The predicted octanol–water partition coefficient (Wildman–Crippen LogP) is 2.38. The molecule has 3 heterocycles. The molecule has 5 rings (SSSR count). The van der Waals surface area contributed by atoms with Crippen molar-refractivity contribution in [2.45, 2.75) is 20.3 Å². The molecule has 0 bridgehead atoms. The lowest BCUT2D eigenvalue weighted by Crippen LogP contribution is -2.42. The number of carbonyl (C=O) groups excluding carboxylic acids is 3. The Morgan fingerprint density at radius 3 is 2.59 bits per heavy atom. The first-order chi connectivity index (χ1) is 17.8. The minimum Gasteiger partial charge on any atom is -0.491 e. The van der Waals surface area contributed by atoms with Crippen LogP contribution in [0.2, 0.25) is 0 Å². The predicted molar refractivity (Wildman–Crippen MR) is 133 cm³/mol. The lowest BCUT2D eigenvalue weighted by Gasteiger charge is -2.31. The van der Waals surface area contributed by atoms with E-state index in [1.807, 2.05) is 19.1 Å². The number of primary amides is 1. The number of aryl methyl sites for hydroxylation is 1. The molecule has 0 aliphatic carbocycles. The Hall–Kier alpha value is -4.25. The maximum atomic E-state index is 14.6. The fourth-order valence-electron chi connectivity index (χ4n) is 4.77. The molecule has 2 aliphatic heterocycles. The summed E-state index contributed by atoms with van der Waals surface area (Å²) in [5, 5.41) is 4.29. The molecule has 0 saturated carbocycles. The second-order valence-electron chi connectivity index (χ2n) is 8.78. The number of hydrogen-bond acceptors (Lipinski definition) is 6. The summed E-state index contributed by atoms with van der Waals surface area (Å²) in [6, 6.07) is 9.65. The maximum Gasteiger partial charge on any atom is 0.277 e. The summed E-state index contributed by atoms with van der Waals surface area (Å²) in [7, 11) is 0. The van der Waals surface area contributed by atoms with Crippen molar-refractivity contribution in [2.24, 2.45) is 5.73 Å². The number of hydrogen-bond donors (Lipinski definition) is 1. The minimum absolute atomic E-state index is 0.0188. The van der Waals surface area contributed by atoms with E-state index < -0.39 is 17.6 Å². The van der Waals surface area contributed by atoms with E-state index in [-0.39, 0.29) is 35.3 Å². The Labute approximate surface area is 212 Å². The van der Waals surface area contributed by atoms with Gasteiger partial charge in [-0.15, -0.1) is 0 Å². The van der Waals surface area contributed by atoms with Crippen LogP contribution in [-0.2, 0) is 16.0 Å². The molecule has 0 radical (unpaired) electrons. The van der Waals surface area contributed by atoms with Gasteiger partial charge in [0.2, 0.25) is 0 Å². The molecule has 1 aromatic heterocycles. The number of morpholine rings is 1. The van der Waals surface area contributed by atoms with E-state index in [9.17, 15) is 18.8 Å². The molecule has 0 spiro atoms. The van der Waals surface area contributed by atoms with E-state index in [1.165, 1.54) is 16.8 Å². The van der Waals surface area contributed by atoms with Gasteiger partial charge in [-0.2, -0.15) is 5.10 Å². The van der Waals surface area contributed by atoms with Gasteiger partial charge in [0.05, 0.1) is 18.9 Å². The van der Waals surface area contributed by atoms with Gasteiger partial charge in [-0.3, -0.25) is 14.4 Å². The van der Waals surface area contributed by atoms with Crippen LogP contribution in [0.3, 0.4) is 0 Å². The standard InChI is InChI=1S/C26H26FN5O5/c1-3-37-21-7-5-17(13-19(21)27)32-24-18(23(29-32)25(28)34)8-9-30(26(24)35)16-4-6-20(15(2)12-16)31-10-11-36-14-22(31)33/h4-7,12-13H,3,8-11,14H2,1-2H3,(H2,28,34). The number of anilines is 2. The monoisotopic (exact) mass is 507 g/mol. The van der Waals surface area contributed by atoms with Gasteiger partial charge >= 0.3 is 0 Å². The van der Waals surface area contributed by atoms with Crippen LogP contribution in [0.5, 0.6) is 5.75 Å². The number of ether oxygens (including phenoxy) is 2. The first kappa shape index (κ1) is 24.4. The highest BCUT2D eigenvalue weighted by atomic mass is 19.1. The smallest absolute Gasteiger partial charge is 0.277 e. The van der Waals surface area contributed by atoms with Crippen molar-refractivity contribution in [3.05, 3.63) is 64.7 Å². The lowest BCUT2D eigenvalue weighted by molar-refractivity contribution is -0.125. The number of halogens is 1. The molecule has 37 heavy (non-hydrogen) atoms. The molecule has 0 atom stereocenters. The summed E-state index contributed by atoms with van der Waals surface area (Å²) in [5.74, 6) is -1.83. The van der Waals surface area contributed by atoms with Gasteiger partial charge in [0.1, 0.15) is 12.3 Å². The Morgan fingerprint density at radius 2 is 1.92 bits per heavy atom. The molecule has 1 fully saturated rings. The van der Waals surface area contributed by atoms with Gasteiger partial charge < -0.3 is 25.0 Å². The van der Waals surface area contributed by atoms with Crippen molar-refractivity contribution >= 4 is 29.1 Å². The van der Waals surface area contributed by atoms with Crippen molar-refractivity contribution in [3.63, 3.8) is 0 Å². The fourth-order valence-corrected chi connectivity index (χ4v) is 4.77. The third-order valence-corrected chi connectivity index (χ3v) is 6.48. The molecule has 0 unspecified atom stereocenters. The van der Waals surface area contributed by atoms with Crippen LogP contribution in [0.15, 0.2) is 36.4 Å². The Morgan fingerprint density at radius 1 is 1.14 bits per heavy atom. The number of nitrogens with zero attached hydrogens (tertiary/aromatic N) is 4. The summed E-state index contributed by atoms with van der Waals surface area (Å²) in [6.07, 6.45) is 0.335. The number of carbonyl (C=O) groups is 3. The zero-order valence-electron chi connectivity index (χ0n) is 20.5. The highest BCUT2D eigenvalue weighted by Gasteiger charge is 2.35. The van der Waals surface area contributed by atoms with E-state index in [4.69, 9.17) is 15.2 Å². The molecule has 192 valence electrons. The molecule has 1 saturated heterocycles. The SMILES string of the molecule is CCOc1ccc(-n2nc(C(N)=O)c3c2C(=O)N(c2ccc(N4CCOCC4=O)c(C)c2)CC3)cc1F. The second-order valence-corrected chi connectivity index (χ2v) is 8.78. The molecule has 2 N–H and O–H groups in total. The molecule has 10 nitrogen and oxygen atoms in total. The largest absolute Gasteiger partial charge is 0.491 e. The van der Waals surface area contributed by atoms with Gasteiger partial charge in [0, 0.05) is 36.1 Å². The van der Waals surface area contributed by atoms with Crippen molar-refractivity contribution in [1.82, 2.24) is 9.78 Å². The molecule has 3 amide bonds. The molecule has 11 heteroatoms. The van der Waals surface area contributed by atoms with Gasteiger partial charge in [0.25, 0.3) is 17.7 Å². The second kappa shape index (κ2) is 9.66. The summed E-state index contributed by atoms with van der Waals surface area (Å²) in [5.41, 5.74) is 8.58. The first-order valence-electron chi connectivity index (χ1n) is 11.9. The topological polar surface area (TPSA) is 120 Å². The number of nitrogens with two attached hydrogens (primary N) is 1. The van der Waals surface area contributed by atoms with Gasteiger partial charge in [0.15, 0.2) is 17.3 Å². The van der Waals surface area contributed by atoms with E-state index in [2.05, 4.69) is 5.10 Å². The Bertz CT molecular complexity index is 1420. The van der Waals surface area contributed by atoms with E-state index in [0.29, 0.717) is 44.0 Å². The molecule has 2 aliphatic rings. The molecular formula is C26H26FN5O5. The van der Waals surface area contributed by atoms with E-state index in [1.54, 1.807) is 28.9 Å². The highest BCUT2D eigenvalue weighted by molar-refractivity contribution is 6.09. The average Bonchev–Trinajstić information content (AvgIpc) is 3.27. The van der Waals surface area contributed by atoms with Crippen LogP contribution in [0, 0.1) is 12.7 Å². The fraction of sp³-hybridized carbons (Fsp3) is 0.308. The lowest BCUT2D eigenvalue weighted by atomic mass is 10.0. The van der Waals surface area contributed by atoms with Gasteiger partial charge in [-0.05, 0) is 56.2 Å². The zero-order chi connectivity index (χ0) is 26.3. The molecule has 2 aromatic carbocycles. The van der Waals surface area contributed by atoms with Crippen LogP contribution in [0.1, 0.15) is 39.0 Å². The minimum atomic E-state index is -0.766. The van der Waals surface area contributed by atoms with Crippen molar-refractivity contribution in [2.75, 3.05) is 42.7 Å². The van der Waals surface area contributed by atoms with Crippen LogP contribution >= 0.6 is 0 Å². The number of fused-ring (bicyclic) bond motifs is 1. The third kappa shape index (κ3) is 4.31. The first-order valence-corrected chi connectivity index (χ1v) is 11.9. The van der Waals surface area contributed by atoms with Crippen LogP contribution in [-0.4, -0.2) is 60.4 Å². The maximum absolute atomic E-state index is 14.6. The summed E-state index contributed by atoms with van der Waals surface area (Å²) < 4.78 is 26.4.